The number of aryl methyl sites for hydroxylation is 1. The molecule has 0 aliphatic heterocycles. The molecule has 4 nitrogen and oxygen atoms in total. The highest BCUT2D eigenvalue weighted by molar-refractivity contribution is 5.58. The maximum absolute atomic E-state index is 6.48. The Balaban J connectivity index is 1.78. The van der Waals surface area contributed by atoms with Crippen LogP contribution in [0.15, 0.2) is 42.6 Å². The molecule has 1 fully saturated rings. The monoisotopic (exact) mass is 438 g/mol. The number of hydrogen-bond donors (Lipinski definition) is 0. The van der Waals surface area contributed by atoms with Crippen molar-refractivity contribution in [3.05, 3.63) is 53.9 Å². The summed E-state index contributed by atoms with van der Waals surface area (Å²) >= 11 is 0. The zero-order chi connectivity index (χ0) is 23.4. The van der Waals surface area contributed by atoms with Crippen LogP contribution in [0.5, 0.6) is 5.75 Å². The molecule has 1 saturated carbocycles. The number of pyridine rings is 1. The number of aromatic nitrogens is 1. The van der Waals surface area contributed by atoms with Crippen molar-refractivity contribution >= 4 is 5.69 Å². The first kappa shape index (κ1) is 24.6. The Kier molecular flexibility index (Phi) is 7.87. The lowest BCUT2D eigenvalue weighted by molar-refractivity contribution is 0.0393. The second-order valence-corrected chi connectivity index (χ2v) is 11.3. The van der Waals surface area contributed by atoms with E-state index in [1.807, 2.05) is 25.3 Å². The predicted molar refractivity (Wildman–Crippen MR) is 133 cm³/mol. The van der Waals surface area contributed by atoms with Crippen LogP contribution in [0.3, 0.4) is 0 Å². The molecule has 3 rings (SSSR count). The highest BCUT2D eigenvalue weighted by Crippen LogP contribution is 2.46. The molecule has 0 bridgehead atoms. The molecule has 1 aliphatic rings. The fourth-order valence-corrected chi connectivity index (χ4v) is 5.66. The van der Waals surface area contributed by atoms with Crippen LogP contribution in [-0.2, 0) is 11.4 Å². The number of hydroxylamine groups is 1. The van der Waals surface area contributed by atoms with Gasteiger partial charge in [0, 0.05) is 6.20 Å². The first-order valence-corrected chi connectivity index (χ1v) is 12.1. The Labute approximate surface area is 195 Å². The minimum Gasteiger partial charge on any atom is -0.493 e. The summed E-state index contributed by atoms with van der Waals surface area (Å²) in [6.07, 6.45) is 7.80. The van der Waals surface area contributed by atoms with Gasteiger partial charge in [-0.05, 0) is 67.4 Å². The number of benzene rings is 1. The second kappa shape index (κ2) is 10.2. The summed E-state index contributed by atoms with van der Waals surface area (Å²) in [5, 5.41) is 2.12. The van der Waals surface area contributed by atoms with Crippen molar-refractivity contribution in [2.75, 3.05) is 12.2 Å². The number of hydrogen-bond acceptors (Lipinski definition) is 4. The van der Waals surface area contributed by atoms with E-state index in [0.29, 0.717) is 23.5 Å². The molecule has 0 amide bonds. The Morgan fingerprint density at radius 1 is 0.969 bits per heavy atom. The summed E-state index contributed by atoms with van der Waals surface area (Å²) in [5.74, 6) is 1.55. The third-order valence-corrected chi connectivity index (χ3v) is 6.84. The minimum absolute atomic E-state index is 0.330. The first-order valence-electron chi connectivity index (χ1n) is 12.1. The smallest absolute Gasteiger partial charge is 0.165 e. The molecule has 0 saturated heterocycles. The SMILES string of the molecule is COc1c(N(OCc2ccccc2)C2CCC(C(C)(C)CC(C)(C)C)CC2)ccnc1C. The van der Waals surface area contributed by atoms with E-state index in [0.717, 1.165) is 35.9 Å². The second-order valence-electron chi connectivity index (χ2n) is 11.3. The van der Waals surface area contributed by atoms with Crippen LogP contribution in [0.2, 0.25) is 0 Å². The van der Waals surface area contributed by atoms with Gasteiger partial charge in [0.2, 0.25) is 0 Å². The van der Waals surface area contributed by atoms with E-state index >= 15 is 0 Å². The quantitative estimate of drug-likeness (QED) is 0.403. The Bertz CT molecular complexity index is 849. The van der Waals surface area contributed by atoms with Crippen molar-refractivity contribution in [2.45, 2.75) is 86.3 Å². The molecule has 4 heteroatoms. The lowest BCUT2D eigenvalue weighted by Gasteiger charge is -2.44. The van der Waals surface area contributed by atoms with Crippen molar-refractivity contribution in [3.63, 3.8) is 0 Å². The van der Waals surface area contributed by atoms with E-state index in [-0.39, 0.29) is 0 Å². The third-order valence-electron chi connectivity index (χ3n) is 6.84. The van der Waals surface area contributed by atoms with Gasteiger partial charge in [-0.15, -0.1) is 0 Å². The van der Waals surface area contributed by atoms with E-state index in [2.05, 4.69) is 68.9 Å². The summed E-state index contributed by atoms with van der Waals surface area (Å²) in [7, 11) is 1.72. The van der Waals surface area contributed by atoms with Gasteiger partial charge in [0.25, 0.3) is 0 Å². The summed E-state index contributed by atoms with van der Waals surface area (Å²) < 4.78 is 5.75. The van der Waals surface area contributed by atoms with Gasteiger partial charge in [0.15, 0.2) is 5.75 Å². The molecular weight excluding hydrogens is 396 g/mol. The van der Waals surface area contributed by atoms with Crippen molar-refractivity contribution in [1.29, 1.82) is 0 Å². The average molecular weight is 439 g/mol. The van der Waals surface area contributed by atoms with Gasteiger partial charge in [-0.1, -0.05) is 65.0 Å². The van der Waals surface area contributed by atoms with Crippen molar-refractivity contribution in [2.24, 2.45) is 16.7 Å². The number of ether oxygens (including phenoxy) is 1. The number of rotatable bonds is 8. The van der Waals surface area contributed by atoms with Crippen molar-refractivity contribution in [3.8, 4) is 5.75 Å². The molecule has 1 aliphatic carbocycles. The first-order chi connectivity index (χ1) is 15.1. The van der Waals surface area contributed by atoms with Gasteiger partial charge in [0.1, 0.15) is 5.69 Å². The normalized spacial score (nSPS) is 19.6. The highest BCUT2D eigenvalue weighted by atomic mass is 16.7. The van der Waals surface area contributed by atoms with E-state index < -0.39 is 0 Å². The number of anilines is 1. The van der Waals surface area contributed by atoms with E-state index in [9.17, 15) is 0 Å². The van der Waals surface area contributed by atoms with Gasteiger partial charge >= 0.3 is 0 Å². The topological polar surface area (TPSA) is 34.6 Å². The predicted octanol–water partition coefficient (Wildman–Crippen LogP) is 7.36. The van der Waals surface area contributed by atoms with Crippen molar-refractivity contribution in [1.82, 2.24) is 4.98 Å². The van der Waals surface area contributed by atoms with Crippen LogP contribution in [0, 0.1) is 23.7 Å². The summed E-state index contributed by atoms with van der Waals surface area (Å²) in [6.45, 7) is 14.5. The molecule has 32 heavy (non-hydrogen) atoms. The summed E-state index contributed by atoms with van der Waals surface area (Å²) in [6, 6.07) is 12.7. The molecule has 1 aromatic heterocycles. The van der Waals surface area contributed by atoms with Gasteiger partial charge < -0.3 is 4.74 Å². The molecule has 0 unspecified atom stereocenters. The molecule has 0 radical (unpaired) electrons. The highest BCUT2D eigenvalue weighted by Gasteiger charge is 2.38. The van der Waals surface area contributed by atoms with Crippen LogP contribution in [0.4, 0.5) is 5.69 Å². The zero-order valence-electron chi connectivity index (χ0n) is 21.1. The van der Waals surface area contributed by atoms with Gasteiger partial charge in [0.05, 0.1) is 25.5 Å². The van der Waals surface area contributed by atoms with Crippen LogP contribution in [-0.4, -0.2) is 18.1 Å². The number of methoxy groups -OCH3 is 1. The summed E-state index contributed by atoms with van der Waals surface area (Å²) in [5.41, 5.74) is 3.74. The number of nitrogens with zero attached hydrogens (tertiary/aromatic N) is 2. The maximum Gasteiger partial charge on any atom is 0.165 e. The largest absolute Gasteiger partial charge is 0.493 e. The third kappa shape index (κ3) is 6.25. The van der Waals surface area contributed by atoms with Crippen LogP contribution < -0.4 is 9.80 Å². The molecule has 0 atom stereocenters. The standard InChI is InChI=1S/C28H42N2O2/c1-21-26(31-7)25(17-18-29-21)30(32-19-22-11-9-8-10-12-22)24-15-13-23(14-16-24)28(5,6)20-27(2,3)4/h8-12,17-18,23-24H,13-16,19-20H2,1-7H3. The Morgan fingerprint density at radius 3 is 2.22 bits per heavy atom. The lowest BCUT2D eigenvalue weighted by atomic mass is 9.64. The van der Waals surface area contributed by atoms with Crippen LogP contribution in [0.1, 0.15) is 78.0 Å². The lowest BCUT2D eigenvalue weighted by Crippen LogP contribution is -2.41. The fourth-order valence-electron chi connectivity index (χ4n) is 5.66. The van der Waals surface area contributed by atoms with E-state index in [1.54, 1.807) is 7.11 Å². The van der Waals surface area contributed by atoms with E-state index in [4.69, 9.17) is 9.57 Å². The zero-order valence-corrected chi connectivity index (χ0v) is 21.1. The van der Waals surface area contributed by atoms with Gasteiger partial charge in [-0.25, -0.2) is 5.06 Å². The van der Waals surface area contributed by atoms with Gasteiger partial charge in [-0.2, -0.15) is 0 Å². The Morgan fingerprint density at radius 2 is 1.62 bits per heavy atom. The Hall–Kier alpha value is -2.07. The molecule has 1 aromatic carbocycles. The molecule has 176 valence electrons. The van der Waals surface area contributed by atoms with Gasteiger partial charge in [-0.3, -0.25) is 9.82 Å². The van der Waals surface area contributed by atoms with Crippen LogP contribution >= 0.6 is 0 Å². The van der Waals surface area contributed by atoms with Crippen molar-refractivity contribution < 1.29 is 9.57 Å². The molecule has 1 heterocycles. The molecule has 0 N–H and O–H groups in total. The fraction of sp³-hybridized carbons (Fsp3) is 0.607. The molecule has 0 spiro atoms. The van der Waals surface area contributed by atoms with Crippen LogP contribution in [0.25, 0.3) is 0 Å². The maximum atomic E-state index is 6.48. The molecular formula is C28H42N2O2. The van der Waals surface area contributed by atoms with E-state index in [1.165, 1.54) is 24.8 Å². The average Bonchev–Trinajstić information content (AvgIpc) is 2.73. The molecule has 2 aromatic rings. The minimum atomic E-state index is 0.330. The summed E-state index contributed by atoms with van der Waals surface area (Å²) in [4.78, 5) is 10.9.